The number of hydrogen-bond donors (Lipinski definition) is 2. The molecule has 0 saturated carbocycles. The number of benzene rings is 1. The lowest BCUT2D eigenvalue weighted by atomic mass is 10.2. The summed E-state index contributed by atoms with van der Waals surface area (Å²) in [6.45, 7) is 5.90. The van der Waals surface area contributed by atoms with E-state index in [-0.39, 0.29) is 11.9 Å². The SMILES string of the molecule is C[C@H](C(=O)NCCc1cccs1)N1CCN(c2ccccc2O)CC1. The molecule has 1 aromatic carbocycles. The highest BCUT2D eigenvalue weighted by molar-refractivity contribution is 7.09. The van der Waals surface area contributed by atoms with Crippen molar-refractivity contribution in [3.05, 3.63) is 46.7 Å². The topological polar surface area (TPSA) is 55.8 Å². The van der Waals surface area contributed by atoms with Gasteiger partial charge in [0.05, 0.1) is 11.7 Å². The van der Waals surface area contributed by atoms with E-state index in [1.54, 1.807) is 17.4 Å². The number of piperazine rings is 1. The van der Waals surface area contributed by atoms with E-state index in [2.05, 4.69) is 26.6 Å². The predicted molar refractivity (Wildman–Crippen MR) is 102 cm³/mol. The number of nitrogens with one attached hydrogen (secondary N) is 1. The summed E-state index contributed by atoms with van der Waals surface area (Å²) in [7, 11) is 0. The number of anilines is 1. The lowest BCUT2D eigenvalue weighted by Gasteiger charge is -2.38. The van der Waals surface area contributed by atoms with Crippen LogP contribution < -0.4 is 10.2 Å². The number of hydrogen-bond acceptors (Lipinski definition) is 5. The number of thiophene rings is 1. The van der Waals surface area contributed by atoms with E-state index >= 15 is 0 Å². The Morgan fingerprint density at radius 3 is 2.64 bits per heavy atom. The first-order valence-electron chi connectivity index (χ1n) is 8.72. The summed E-state index contributed by atoms with van der Waals surface area (Å²) in [5.74, 6) is 0.405. The number of aromatic hydroxyl groups is 1. The third-order valence-electron chi connectivity index (χ3n) is 4.71. The Morgan fingerprint density at radius 2 is 1.96 bits per heavy atom. The average molecular weight is 359 g/mol. The van der Waals surface area contributed by atoms with Crippen LogP contribution >= 0.6 is 11.3 Å². The third-order valence-corrected chi connectivity index (χ3v) is 5.65. The fourth-order valence-electron chi connectivity index (χ4n) is 3.16. The minimum absolute atomic E-state index is 0.0903. The Bertz CT molecular complexity index is 682. The first kappa shape index (κ1) is 17.8. The van der Waals surface area contributed by atoms with Gasteiger partial charge in [0.2, 0.25) is 5.91 Å². The lowest BCUT2D eigenvalue weighted by Crippen LogP contribution is -2.54. The van der Waals surface area contributed by atoms with Crippen molar-refractivity contribution in [2.24, 2.45) is 0 Å². The van der Waals surface area contributed by atoms with Gasteiger partial charge in [0.1, 0.15) is 5.75 Å². The number of carbonyl (C=O) groups is 1. The van der Waals surface area contributed by atoms with Crippen LogP contribution in [0.3, 0.4) is 0 Å². The number of para-hydroxylation sites is 2. The zero-order valence-electron chi connectivity index (χ0n) is 14.5. The Kier molecular flexibility index (Phi) is 5.94. The third kappa shape index (κ3) is 4.52. The number of rotatable bonds is 6. The van der Waals surface area contributed by atoms with E-state index in [0.29, 0.717) is 12.3 Å². The minimum atomic E-state index is -0.130. The summed E-state index contributed by atoms with van der Waals surface area (Å²) >= 11 is 1.72. The highest BCUT2D eigenvalue weighted by Gasteiger charge is 2.26. The van der Waals surface area contributed by atoms with E-state index in [1.165, 1.54) is 4.88 Å². The van der Waals surface area contributed by atoms with Gasteiger partial charge in [-0.2, -0.15) is 0 Å². The predicted octanol–water partition coefficient (Wildman–Crippen LogP) is 2.32. The van der Waals surface area contributed by atoms with Gasteiger partial charge in [-0.15, -0.1) is 11.3 Å². The van der Waals surface area contributed by atoms with Crippen molar-refractivity contribution < 1.29 is 9.90 Å². The van der Waals surface area contributed by atoms with E-state index < -0.39 is 0 Å². The molecule has 1 fully saturated rings. The van der Waals surface area contributed by atoms with Crippen molar-refractivity contribution >= 4 is 22.9 Å². The van der Waals surface area contributed by atoms with Gasteiger partial charge in [0.15, 0.2) is 0 Å². The van der Waals surface area contributed by atoms with Crippen LogP contribution in [0.1, 0.15) is 11.8 Å². The molecule has 2 aromatic rings. The number of amides is 1. The fourth-order valence-corrected chi connectivity index (χ4v) is 3.87. The second kappa shape index (κ2) is 8.36. The molecule has 6 heteroatoms. The van der Waals surface area contributed by atoms with Crippen LogP contribution in [0.2, 0.25) is 0 Å². The normalized spacial score (nSPS) is 16.6. The standard InChI is InChI=1S/C19H25N3O2S/c1-15(19(24)20-9-8-16-5-4-14-25-16)21-10-12-22(13-11-21)17-6-2-3-7-18(17)23/h2-7,14-15,23H,8-13H2,1H3,(H,20,24)/t15-/m1/s1. The van der Waals surface area contributed by atoms with Crippen molar-refractivity contribution in [1.29, 1.82) is 0 Å². The Hall–Kier alpha value is -2.05. The summed E-state index contributed by atoms with van der Waals surface area (Å²) in [4.78, 5) is 18.0. The molecular weight excluding hydrogens is 334 g/mol. The van der Waals surface area contributed by atoms with Crippen LogP contribution in [0.25, 0.3) is 0 Å². The van der Waals surface area contributed by atoms with Gasteiger partial charge in [0.25, 0.3) is 0 Å². The van der Waals surface area contributed by atoms with Gasteiger partial charge in [0, 0.05) is 37.6 Å². The van der Waals surface area contributed by atoms with Crippen molar-refractivity contribution in [3.8, 4) is 5.75 Å². The highest BCUT2D eigenvalue weighted by Crippen LogP contribution is 2.27. The summed E-state index contributed by atoms with van der Waals surface area (Å²) in [5, 5.41) is 15.1. The van der Waals surface area contributed by atoms with E-state index in [0.717, 1.165) is 38.3 Å². The molecule has 25 heavy (non-hydrogen) atoms. The van der Waals surface area contributed by atoms with Gasteiger partial charge in [-0.3, -0.25) is 9.69 Å². The maximum Gasteiger partial charge on any atom is 0.237 e. The Balaban J connectivity index is 1.45. The molecule has 0 aliphatic carbocycles. The number of phenolic OH excluding ortho intramolecular Hbond substituents is 1. The molecule has 0 radical (unpaired) electrons. The summed E-state index contributed by atoms with van der Waals surface area (Å²) in [6, 6.07) is 11.4. The zero-order valence-corrected chi connectivity index (χ0v) is 15.3. The first-order chi connectivity index (χ1) is 12.1. The minimum Gasteiger partial charge on any atom is -0.506 e. The van der Waals surface area contributed by atoms with Gasteiger partial charge < -0.3 is 15.3 Å². The van der Waals surface area contributed by atoms with E-state index in [4.69, 9.17) is 0 Å². The molecular formula is C19H25N3O2S. The number of nitrogens with zero attached hydrogens (tertiary/aromatic N) is 2. The van der Waals surface area contributed by atoms with Crippen LogP contribution in [-0.4, -0.2) is 54.7 Å². The number of phenols is 1. The summed E-state index contributed by atoms with van der Waals surface area (Å²) in [6.07, 6.45) is 0.886. The van der Waals surface area contributed by atoms with Crippen molar-refractivity contribution in [2.45, 2.75) is 19.4 Å². The Labute approximate surface area is 152 Å². The fraction of sp³-hybridized carbons (Fsp3) is 0.421. The monoisotopic (exact) mass is 359 g/mol. The molecule has 1 aliphatic rings. The smallest absolute Gasteiger partial charge is 0.237 e. The van der Waals surface area contributed by atoms with Crippen LogP contribution in [0.5, 0.6) is 5.75 Å². The van der Waals surface area contributed by atoms with Crippen LogP contribution in [0, 0.1) is 0 Å². The Morgan fingerprint density at radius 1 is 1.20 bits per heavy atom. The summed E-state index contributed by atoms with van der Waals surface area (Å²) in [5.41, 5.74) is 0.871. The molecule has 1 saturated heterocycles. The molecule has 1 aliphatic heterocycles. The quantitative estimate of drug-likeness (QED) is 0.831. The molecule has 1 atom stereocenters. The maximum absolute atomic E-state index is 12.4. The van der Waals surface area contributed by atoms with E-state index in [1.807, 2.05) is 31.2 Å². The summed E-state index contributed by atoms with van der Waals surface area (Å²) < 4.78 is 0. The second-order valence-corrected chi connectivity index (χ2v) is 7.34. The molecule has 3 rings (SSSR count). The average Bonchev–Trinajstić information content (AvgIpc) is 3.15. The van der Waals surface area contributed by atoms with Crippen molar-refractivity contribution in [3.63, 3.8) is 0 Å². The molecule has 1 aromatic heterocycles. The zero-order chi connectivity index (χ0) is 17.6. The van der Waals surface area contributed by atoms with Crippen molar-refractivity contribution in [1.82, 2.24) is 10.2 Å². The van der Waals surface area contributed by atoms with Crippen LogP contribution in [0.15, 0.2) is 41.8 Å². The van der Waals surface area contributed by atoms with Gasteiger partial charge in [-0.1, -0.05) is 18.2 Å². The van der Waals surface area contributed by atoms with Gasteiger partial charge in [-0.25, -0.2) is 0 Å². The molecule has 5 nitrogen and oxygen atoms in total. The maximum atomic E-state index is 12.4. The molecule has 2 heterocycles. The lowest BCUT2D eigenvalue weighted by molar-refractivity contribution is -0.125. The van der Waals surface area contributed by atoms with Gasteiger partial charge in [-0.05, 0) is 36.9 Å². The largest absolute Gasteiger partial charge is 0.506 e. The molecule has 1 amide bonds. The van der Waals surface area contributed by atoms with Crippen LogP contribution in [0.4, 0.5) is 5.69 Å². The van der Waals surface area contributed by atoms with Crippen molar-refractivity contribution in [2.75, 3.05) is 37.6 Å². The molecule has 0 bridgehead atoms. The molecule has 2 N–H and O–H groups in total. The van der Waals surface area contributed by atoms with E-state index in [9.17, 15) is 9.90 Å². The van der Waals surface area contributed by atoms with Gasteiger partial charge >= 0.3 is 0 Å². The molecule has 134 valence electrons. The number of carbonyl (C=O) groups excluding carboxylic acids is 1. The van der Waals surface area contributed by atoms with Crippen LogP contribution in [-0.2, 0) is 11.2 Å². The molecule has 0 spiro atoms. The highest BCUT2D eigenvalue weighted by atomic mass is 32.1. The molecule has 0 unspecified atom stereocenters. The first-order valence-corrected chi connectivity index (χ1v) is 9.60. The second-order valence-electron chi connectivity index (χ2n) is 6.31.